The summed E-state index contributed by atoms with van der Waals surface area (Å²) in [5.41, 5.74) is 0.931. The second-order valence-electron chi connectivity index (χ2n) is 5.89. The highest BCUT2D eigenvalue weighted by atomic mass is 35.5. The van der Waals surface area contributed by atoms with Gasteiger partial charge in [0, 0.05) is 19.1 Å². The number of rotatable bonds is 7. The van der Waals surface area contributed by atoms with Crippen molar-refractivity contribution in [3.8, 4) is 5.75 Å². The van der Waals surface area contributed by atoms with E-state index in [0.29, 0.717) is 10.8 Å². The second kappa shape index (κ2) is 8.53. The quantitative estimate of drug-likeness (QED) is 0.780. The first-order valence-corrected chi connectivity index (χ1v) is 9.72. The molecule has 0 bridgehead atoms. The van der Waals surface area contributed by atoms with E-state index in [4.69, 9.17) is 16.3 Å². The van der Waals surface area contributed by atoms with Crippen molar-refractivity contribution in [2.24, 2.45) is 0 Å². The van der Waals surface area contributed by atoms with Gasteiger partial charge >= 0.3 is 0 Å². The Balaban J connectivity index is 1.90. The molecule has 0 unspecified atom stereocenters. The zero-order valence-corrected chi connectivity index (χ0v) is 16.3. The average molecular weight is 397 g/mol. The van der Waals surface area contributed by atoms with E-state index in [0.717, 1.165) is 9.87 Å². The molecule has 0 aliphatic rings. The SMILES string of the molecule is C[C@H](NC(=O)COc1ccc(S(=O)(=O)N(C)C)cc1)c1ccc(Cl)cc1. The fraction of sp³-hybridized carbons (Fsp3) is 0.278. The third-order valence-corrected chi connectivity index (χ3v) is 5.80. The summed E-state index contributed by atoms with van der Waals surface area (Å²) in [7, 11) is -0.557. The number of amides is 1. The normalized spacial score (nSPS) is 12.7. The molecule has 0 heterocycles. The molecule has 0 saturated heterocycles. The minimum absolute atomic E-state index is 0.163. The Morgan fingerprint density at radius 2 is 1.69 bits per heavy atom. The Morgan fingerprint density at radius 1 is 1.12 bits per heavy atom. The fourth-order valence-corrected chi connectivity index (χ4v) is 3.21. The molecule has 1 atom stereocenters. The fourth-order valence-electron chi connectivity index (χ4n) is 2.19. The van der Waals surface area contributed by atoms with Crippen LogP contribution in [0.25, 0.3) is 0 Å². The molecule has 0 aliphatic carbocycles. The highest BCUT2D eigenvalue weighted by Crippen LogP contribution is 2.18. The van der Waals surface area contributed by atoms with Crippen LogP contribution in [0.1, 0.15) is 18.5 Å². The molecular weight excluding hydrogens is 376 g/mol. The van der Waals surface area contributed by atoms with Crippen LogP contribution in [0.5, 0.6) is 5.75 Å². The summed E-state index contributed by atoms with van der Waals surface area (Å²) >= 11 is 5.85. The monoisotopic (exact) mass is 396 g/mol. The molecule has 140 valence electrons. The van der Waals surface area contributed by atoms with Gasteiger partial charge in [0.1, 0.15) is 5.75 Å². The molecule has 26 heavy (non-hydrogen) atoms. The zero-order chi connectivity index (χ0) is 19.3. The van der Waals surface area contributed by atoms with E-state index in [1.165, 1.54) is 38.4 Å². The lowest BCUT2D eigenvalue weighted by molar-refractivity contribution is -0.123. The first kappa shape index (κ1) is 20.2. The van der Waals surface area contributed by atoms with Crippen LogP contribution in [0.2, 0.25) is 5.02 Å². The summed E-state index contributed by atoms with van der Waals surface area (Å²) in [4.78, 5) is 12.2. The second-order valence-corrected chi connectivity index (χ2v) is 8.48. The smallest absolute Gasteiger partial charge is 0.258 e. The number of nitrogens with one attached hydrogen (secondary N) is 1. The maximum Gasteiger partial charge on any atom is 0.258 e. The van der Waals surface area contributed by atoms with Crippen molar-refractivity contribution in [3.05, 3.63) is 59.1 Å². The Kier molecular flexibility index (Phi) is 6.63. The van der Waals surface area contributed by atoms with E-state index in [1.807, 2.05) is 19.1 Å². The van der Waals surface area contributed by atoms with Crippen molar-refractivity contribution in [2.75, 3.05) is 20.7 Å². The number of hydrogen-bond acceptors (Lipinski definition) is 4. The molecule has 1 N–H and O–H groups in total. The molecule has 2 aromatic rings. The summed E-state index contributed by atoms with van der Waals surface area (Å²) in [5, 5.41) is 3.46. The number of carbonyl (C=O) groups excluding carboxylic acids is 1. The third-order valence-electron chi connectivity index (χ3n) is 3.72. The molecular formula is C18H21ClN2O4S. The maximum atomic E-state index is 12.0. The van der Waals surface area contributed by atoms with Crippen LogP contribution < -0.4 is 10.1 Å². The van der Waals surface area contributed by atoms with Gasteiger partial charge in [0.25, 0.3) is 5.91 Å². The van der Waals surface area contributed by atoms with Crippen LogP contribution in [0.15, 0.2) is 53.4 Å². The number of carbonyl (C=O) groups is 1. The van der Waals surface area contributed by atoms with E-state index < -0.39 is 10.0 Å². The van der Waals surface area contributed by atoms with Crippen LogP contribution in [0.4, 0.5) is 0 Å². The summed E-state index contributed by atoms with van der Waals surface area (Å²) in [6.45, 7) is 1.69. The van der Waals surface area contributed by atoms with Crippen molar-refractivity contribution in [3.63, 3.8) is 0 Å². The van der Waals surface area contributed by atoms with Gasteiger partial charge < -0.3 is 10.1 Å². The van der Waals surface area contributed by atoms with Gasteiger partial charge in [-0.15, -0.1) is 0 Å². The first-order valence-electron chi connectivity index (χ1n) is 7.90. The minimum atomic E-state index is -3.49. The molecule has 2 aromatic carbocycles. The molecule has 0 saturated carbocycles. The Bertz CT molecular complexity index is 850. The van der Waals surface area contributed by atoms with E-state index in [2.05, 4.69) is 5.32 Å². The van der Waals surface area contributed by atoms with Crippen molar-refractivity contribution in [1.29, 1.82) is 0 Å². The van der Waals surface area contributed by atoms with Crippen LogP contribution in [-0.2, 0) is 14.8 Å². The van der Waals surface area contributed by atoms with Crippen molar-refractivity contribution < 1.29 is 17.9 Å². The largest absolute Gasteiger partial charge is 0.484 e. The van der Waals surface area contributed by atoms with Gasteiger partial charge in [-0.05, 0) is 48.9 Å². The summed E-state index contributed by atoms with van der Waals surface area (Å²) < 4.78 is 30.5. The molecule has 8 heteroatoms. The van der Waals surface area contributed by atoms with Gasteiger partial charge in [-0.25, -0.2) is 12.7 Å². The maximum absolute atomic E-state index is 12.0. The number of benzene rings is 2. The lowest BCUT2D eigenvalue weighted by Crippen LogP contribution is -2.31. The number of halogens is 1. The van der Waals surface area contributed by atoms with Crippen LogP contribution >= 0.6 is 11.6 Å². The van der Waals surface area contributed by atoms with E-state index in [1.54, 1.807) is 12.1 Å². The minimum Gasteiger partial charge on any atom is -0.484 e. The number of hydrogen-bond donors (Lipinski definition) is 1. The standard InChI is InChI=1S/C18H21ClN2O4S/c1-13(14-4-6-15(19)7-5-14)20-18(22)12-25-16-8-10-17(11-9-16)26(23,24)21(2)3/h4-11,13H,12H2,1-3H3,(H,20,22)/t13-/m0/s1. The summed E-state index contributed by atoms with van der Waals surface area (Å²) in [5.74, 6) is 0.134. The number of nitrogens with zero attached hydrogens (tertiary/aromatic N) is 1. The zero-order valence-electron chi connectivity index (χ0n) is 14.8. The molecule has 0 aliphatic heterocycles. The van der Waals surface area contributed by atoms with Gasteiger partial charge in [0.15, 0.2) is 6.61 Å². The highest BCUT2D eigenvalue weighted by molar-refractivity contribution is 7.89. The third kappa shape index (κ3) is 5.20. The summed E-state index contributed by atoms with van der Waals surface area (Å²) in [6, 6.07) is 13.0. The van der Waals surface area contributed by atoms with Crippen LogP contribution in [-0.4, -0.2) is 39.3 Å². The Hall–Kier alpha value is -2.09. The molecule has 2 rings (SSSR count). The number of ether oxygens (including phenoxy) is 1. The van der Waals surface area contributed by atoms with Crippen molar-refractivity contribution in [1.82, 2.24) is 9.62 Å². The predicted octanol–water partition coefficient (Wildman–Crippen LogP) is 2.85. The van der Waals surface area contributed by atoms with Crippen LogP contribution in [0, 0.1) is 0 Å². The molecule has 6 nitrogen and oxygen atoms in total. The topological polar surface area (TPSA) is 75.7 Å². The number of sulfonamides is 1. The molecule has 1 amide bonds. The average Bonchev–Trinajstić information content (AvgIpc) is 2.60. The van der Waals surface area contributed by atoms with Gasteiger partial charge in [0.05, 0.1) is 10.9 Å². The van der Waals surface area contributed by atoms with Crippen molar-refractivity contribution >= 4 is 27.5 Å². The predicted molar refractivity (Wildman–Crippen MR) is 101 cm³/mol. The molecule has 0 aromatic heterocycles. The van der Waals surface area contributed by atoms with Gasteiger partial charge in [-0.2, -0.15) is 0 Å². The van der Waals surface area contributed by atoms with E-state index >= 15 is 0 Å². The lowest BCUT2D eigenvalue weighted by Gasteiger charge is -2.15. The first-order chi connectivity index (χ1) is 12.2. The molecule has 0 fully saturated rings. The lowest BCUT2D eigenvalue weighted by atomic mass is 10.1. The molecule has 0 radical (unpaired) electrons. The van der Waals surface area contributed by atoms with E-state index in [-0.39, 0.29) is 23.5 Å². The Labute approximate surface area is 158 Å². The highest BCUT2D eigenvalue weighted by Gasteiger charge is 2.17. The van der Waals surface area contributed by atoms with Gasteiger partial charge in [0.2, 0.25) is 10.0 Å². The van der Waals surface area contributed by atoms with Gasteiger partial charge in [-0.1, -0.05) is 23.7 Å². The summed E-state index contributed by atoms with van der Waals surface area (Å²) in [6.07, 6.45) is 0. The molecule has 0 spiro atoms. The van der Waals surface area contributed by atoms with E-state index in [9.17, 15) is 13.2 Å². The van der Waals surface area contributed by atoms with Crippen LogP contribution in [0.3, 0.4) is 0 Å². The van der Waals surface area contributed by atoms with Crippen molar-refractivity contribution in [2.45, 2.75) is 17.9 Å². The van der Waals surface area contributed by atoms with Gasteiger partial charge in [-0.3, -0.25) is 4.79 Å². The Morgan fingerprint density at radius 3 is 2.23 bits per heavy atom.